The minimum atomic E-state index is -0.503. The predicted molar refractivity (Wildman–Crippen MR) is 108 cm³/mol. The number of aliphatic hydroxyl groups excluding tert-OH is 1. The van der Waals surface area contributed by atoms with Crippen LogP contribution in [-0.4, -0.2) is 28.5 Å². The molecule has 3 rings (SSSR count). The van der Waals surface area contributed by atoms with E-state index in [2.05, 4.69) is 0 Å². The van der Waals surface area contributed by atoms with Crippen LogP contribution in [0.25, 0.3) is 0 Å². The first-order valence-electron chi connectivity index (χ1n) is 8.90. The Morgan fingerprint density at radius 1 is 1.31 bits per heavy atom. The van der Waals surface area contributed by atoms with E-state index < -0.39 is 6.10 Å². The molecule has 2 heterocycles. The van der Waals surface area contributed by atoms with Crippen molar-refractivity contribution in [2.45, 2.75) is 44.4 Å². The minimum absolute atomic E-state index is 0. The Bertz CT molecular complexity index is 680. The first-order chi connectivity index (χ1) is 12.1. The average molecular weight is 395 g/mol. The summed E-state index contributed by atoms with van der Waals surface area (Å²) in [7, 11) is 0. The standard InChI is InChI=1S/C20H26N2O2S.ClH/c1-14(19(21)15-7-3-2-4-8-15)20(24)22-11-5-9-16(22)13-17(23)18-10-6-12-25-18;/h2-4,6-8,10,12,14,16-17,19,23H,5,9,11,13,21H2,1H3;1H. The normalized spacial score (nSPS) is 20.3. The fraction of sp³-hybridized carbons (Fsp3) is 0.450. The number of thiophene rings is 1. The number of carbonyl (C=O) groups excluding carboxylic acids is 1. The van der Waals surface area contributed by atoms with Crippen LogP contribution in [0.5, 0.6) is 0 Å². The zero-order valence-corrected chi connectivity index (χ0v) is 16.6. The second-order valence-corrected chi connectivity index (χ2v) is 7.80. The lowest BCUT2D eigenvalue weighted by Crippen LogP contribution is -2.42. The molecule has 4 nitrogen and oxygen atoms in total. The number of nitrogens with zero attached hydrogens (tertiary/aromatic N) is 1. The molecule has 0 aliphatic carbocycles. The molecule has 4 atom stereocenters. The molecule has 0 bridgehead atoms. The number of aliphatic hydroxyl groups is 1. The van der Waals surface area contributed by atoms with Crippen molar-refractivity contribution in [3.05, 3.63) is 58.3 Å². The highest BCUT2D eigenvalue weighted by molar-refractivity contribution is 7.10. The smallest absolute Gasteiger partial charge is 0.227 e. The lowest BCUT2D eigenvalue weighted by molar-refractivity contribution is -0.137. The summed E-state index contributed by atoms with van der Waals surface area (Å²) >= 11 is 1.56. The van der Waals surface area contributed by atoms with Crippen LogP contribution in [0.2, 0.25) is 0 Å². The van der Waals surface area contributed by atoms with Crippen LogP contribution in [0.4, 0.5) is 0 Å². The number of benzene rings is 1. The Morgan fingerprint density at radius 3 is 2.69 bits per heavy atom. The summed E-state index contributed by atoms with van der Waals surface area (Å²) in [5.41, 5.74) is 7.32. The van der Waals surface area contributed by atoms with Gasteiger partial charge in [0.15, 0.2) is 0 Å². The summed E-state index contributed by atoms with van der Waals surface area (Å²) in [6, 6.07) is 13.5. The number of amides is 1. The maximum atomic E-state index is 13.0. The highest BCUT2D eigenvalue weighted by Crippen LogP contribution is 2.31. The van der Waals surface area contributed by atoms with Crippen molar-refractivity contribution < 1.29 is 9.90 Å². The van der Waals surface area contributed by atoms with Crippen molar-refractivity contribution in [3.8, 4) is 0 Å². The summed E-state index contributed by atoms with van der Waals surface area (Å²) < 4.78 is 0. The van der Waals surface area contributed by atoms with Gasteiger partial charge in [-0.2, -0.15) is 0 Å². The van der Waals surface area contributed by atoms with Crippen LogP contribution >= 0.6 is 23.7 Å². The van der Waals surface area contributed by atoms with E-state index in [-0.39, 0.29) is 36.3 Å². The fourth-order valence-electron chi connectivity index (χ4n) is 3.60. The van der Waals surface area contributed by atoms with Gasteiger partial charge in [-0.1, -0.05) is 43.3 Å². The number of hydrogen-bond donors (Lipinski definition) is 2. The molecular formula is C20H27ClN2O2S. The second kappa shape index (κ2) is 9.51. The summed E-state index contributed by atoms with van der Waals surface area (Å²) in [5.74, 6) is -0.181. The maximum absolute atomic E-state index is 13.0. The van der Waals surface area contributed by atoms with E-state index in [1.54, 1.807) is 11.3 Å². The topological polar surface area (TPSA) is 66.6 Å². The molecule has 1 saturated heterocycles. The lowest BCUT2D eigenvalue weighted by atomic mass is 9.93. The number of carbonyl (C=O) groups is 1. The number of rotatable bonds is 6. The van der Waals surface area contributed by atoms with Crippen molar-refractivity contribution >= 4 is 29.7 Å². The van der Waals surface area contributed by atoms with Gasteiger partial charge in [-0.05, 0) is 36.3 Å². The first kappa shape index (κ1) is 20.9. The highest BCUT2D eigenvalue weighted by Gasteiger charge is 2.35. The zero-order valence-electron chi connectivity index (χ0n) is 15.0. The van der Waals surface area contributed by atoms with E-state index in [0.717, 1.165) is 29.8 Å². The van der Waals surface area contributed by atoms with Crippen molar-refractivity contribution in [3.63, 3.8) is 0 Å². The monoisotopic (exact) mass is 394 g/mol. The van der Waals surface area contributed by atoms with Gasteiger partial charge in [0.1, 0.15) is 0 Å². The quantitative estimate of drug-likeness (QED) is 0.780. The van der Waals surface area contributed by atoms with Crippen molar-refractivity contribution in [1.29, 1.82) is 0 Å². The second-order valence-electron chi connectivity index (χ2n) is 6.82. The molecule has 2 aromatic rings. The van der Waals surface area contributed by atoms with Crippen molar-refractivity contribution in [2.24, 2.45) is 11.7 Å². The van der Waals surface area contributed by atoms with Gasteiger partial charge in [-0.15, -0.1) is 23.7 Å². The largest absolute Gasteiger partial charge is 0.387 e. The molecule has 1 aliphatic rings. The van der Waals surface area contributed by atoms with Gasteiger partial charge in [-0.3, -0.25) is 4.79 Å². The van der Waals surface area contributed by atoms with E-state index in [0.29, 0.717) is 6.42 Å². The lowest BCUT2D eigenvalue weighted by Gasteiger charge is -2.31. The predicted octanol–water partition coefficient (Wildman–Crippen LogP) is 3.92. The van der Waals surface area contributed by atoms with Gasteiger partial charge in [0.05, 0.1) is 12.0 Å². The summed E-state index contributed by atoms with van der Waals surface area (Å²) in [6.45, 7) is 2.66. The van der Waals surface area contributed by atoms with Gasteiger partial charge in [-0.25, -0.2) is 0 Å². The van der Waals surface area contributed by atoms with E-state index in [1.807, 2.05) is 59.7 Å². The van der Waals surface area contributed by atoms with E-state index >= 15 is 0 Å². The van der Waals surface area contributed by atoms with Crippen LogP contribution in [0.15, 0.2) is 47.8 Å². The van der Waals surface area contributed by atoms with Gasteiger partial charge >= 0.3 is 0 Å². The van der Waals surface area contributed by atoms with Crippen LogP contribution in [-0.2, 0) is 4.79 Å². The van der Waals surface area contributed by atoms with Crippen molar-refractivity contribution in [1.82, 2.24) is 4.90 Å². The van der Waals surface area contributed by atoms with E-state index in [9.17, 15) is 9.90 Å². The van der Waals surface area contributed by atoms with Crippen LogP contribution in [0, 0.1) is 5.92 Å². The molecule has 0 saturated carbocycles. The Morgan fingerprint density at radius 2 is 2.04 bits per heavy atom. The van der Waals surface area contributed by atoms with Gasteiger partial charge in [0.25, 0.3) is 0 Å². The molecule has 6 heteroatoms. The minimum Gasteiger partial charge on any atom is -0.387 e. The molecule has 1 fully saturated rings. The third-order valence-corrected chi connectivity index (χ3v) is 6.11. The molecule has 0 radical (unpaired) electrons. The molecule has 1 aromatic carbocycles. The van der Waals surface area contributed by atoms with Gasteiger partial charge in [0.2, 0.25) is 5.91 Å². The molecular weight excluding hydrogens is 368 g/mol. The highest BCUT2D eigenvalue weighted by atomic mass is 35.5. The Balaban J connectivity index is 0.00000243. The van der Waals surface area contributed by atoms with Crippen LogP contribution in [0.1, 0.15) is 48.8 Å². The van der Waals surface area contributed by atoms with Crippen molar-refractivity contribution in [2.75, 3.05) is 6.54 Å². The molecule has 1 amide bonds. The average Bonchev–Trinajstić information content (AvgIpc) is 3.32. The van der Waals surface area contributed by atoms with Gasteiger partial charge in [0, 0.05) is 23.5 Å². The molecule has 142 valence electrons. The molecule has 3 N–H and O–H groups in total. The Labute approximate surface area is 165 Å². The zero-order chi connectivity index (χ0) is 17.8. The molecule has 0 spiro atoms. The number of nitrogens with two attached hydrogens (primary N) is 1. The Hall–Kier alpha value is -1.40. The van der Waals surface area contributed by atoms with E-state index in [1.165, 1.54) is 0 Å². The summed E-state index contributed by atoms with van der Waals surface area (Å²) in [4.78, 5) is 15.9. The number of hydrogen-bond acceptors (Lipinski definition) is 4. The molecule has 1 aliphatic heterocycles. The number of likely N-dealkylation sites (tertiary alicyclic amines) is 1. The van der Waals surface area contributed by atoms with Gasteiger partial charge < -0.3 is 15.7 Å². The van der Waals surface area contributed by atoms with E-state index in [4.69, 9.17) is 5.73 Å². The summed E-state index contributed by atoms with van der Waals surface area (Å²) in [5, 5.41) is 12.4. The van der Waals surface area contributed by atoms with Crippen LogP contribution < -0.4 is 5.73 Å². The fourth-order valence-corrected chi connectivity index (χ4v) is 4.33. The molecule has 26 heavy (non-hydrogen) atoms. The number of halogens is 1. The molecule has 1 aromatic heterocycles. The molecule has 4 unspecified atom stereocenters. The summed E-state index contributed by atoms with van der Waals surface area (Å²) in [6.07, 6.45) is 2.03. The maximum Gasteiger partial charge on any atom is 0.227 e. The third-order valence-electron chi connectivity index (χ3n) is 5.14. The third kappa shape index (κ3) is 4.65. The first-order valence-corrected chi connectivity index (χ1v) is 9.78. The Kier molecular flexibility index (Phi) is 7.65. The van der Waals surface area contributed by atoms with Crippen LogP contribution in [0.3, 0.4) is 0 Å². The SMILES string of the molecule is CC(C(=O)N1CCCC1CC(O)c1cccs1)C(N)c1ccccc1.Cl.